The van der Waals surface area contributed by atoms with E-state index in [1.54, 1.807) is 0 Å². The van der Waals surface area contributed by atoms with Crippen LogP contribution in [0.15, 0.2) is 36.4 Å². The SMILES string of the molecule is CC(=O)Nc1nnc(-c2nnc3cc(-c4ccccc4)nn3c2N)s1. The van der Waals surface area contributed by atoms with Gasteiger partial charge in [-0.1, -0.05) is 41.7 Å². The number of fused-ring (bicyclic) bond motifs is 1. The Morgan fingerprint density at radius 3 is 2.72 bits per heavy atom. The van der Waals surface area contributed by atoms with E-state index in [1.807, 2.05) is 36.4 Å². The summed E-state index contributed by atoms with van der Waals surface area (Å²) in [4.78, 5) is 11.1. The summed E-state index contributed by atoms with van der Waals surface area (Å²) in [5, 5.41) is 24.1. The van der Waals surface area contributed by atoms with Crippen molar-refractivity contribution in [2.45, 2.75) is 6.92 Å². The quantitative estimate of drug-likeness (QED) is 0.576. The van der Waals surface area contributed by atoms with E-state index in [-0.39, 0.29) is 5.91 Å². The first kappa shape index (κ1) is 15.1. The molecule has 4 aromatic rings. The van der Waals surface area contributed by atoms with E-state index in [0.717, 1.165) is 22.6 Å². The number of amides is 1. The molecule has 10 heteroatoms. The van der Waals surface area contributed by atoms with E-state index in [0.29, 0.717) is 27.3 Å². The average Bonchev–Trinajstić information content (AvgIpc) is 3.23. The molecule has 0 aliphatic carbocycles. The highest BCUT2D eigenvalue weighted by Gasteiger charge is 2.17. The molecule has 9 nitrogen and oxygen atoms in total. The molecule has 0 aliphatic rings. The number of carbonyl (C=O) groups is 1. The predicted octanol–water partition coefficient (Wildman–Crippen LogP) is 1.85. The Bertz CT molecular complexity index is 1070. The van der Waals surface area contributed by atoms with Crippen LogP contribution < -0.4 is 11.1 Å². The van der Waals surface area contributed by atoms with Crippen molar-refractivity contribution < 1.29 is 4.79 Å². The average molecular weight is 352 g/mol. The first-order valence-electron chi connectivity index (χ1n) is 7.30. The van der Waals surface area contributed by atoms with Crippen molar-refractivity contribution in [1.82, 2.24) is 30.0 Å². The van der Waals surface area contributed by atoms with E-state index in [1.165, 1.54) is 11.4 Å². The second kappa shape index (κ2) is 5.91. The fraction of sp³-hybridized carbons (Fsp3) is 0.0667. The third-order valence-corrected chi connectivity index (χ3v) is 4.24. The lowest BCUT2D eigenvalue weighted by Crippen LogP contribution is -2.05. The van der Waals surface area contributed by atoms with Gasteiger partial charge in [0.15, 0.2) is 22.2 Å². The van der Waals surface area contributed by atoms with Crippen LogP contribution in [0, 0.1) is 0 Å². The van der Waals surface area contributed by atoms with Gasteiger partial charge in [-0.15, -0.1) is 20.4 Å². The van der Waals surface area contributed by atoms with Crippen molar-refractivity contribution in [2.24, 2.45) is 0 Å². The number of rotatable bonds is 3. The Labute approximate surface area is 145 Å². The number of benzene rings is 1. The molecule has 1 amide bonds. The van der Waals surface area contributed by atoms with Crippen molar-refractivity contribution in [3.8, 4) is 22.0 Å². The van der Waals surface area contributed by atoms with E-state index < -0.39 is 0 Å². The van der Waals surface area contributed by atoms with Crippen molar-refractivity contribution in [3.05, 3.63) is 36.4 Å². The first-order chi connectivity index (χ1) is 12.1. The van der Waals surface area contributed by atoms with E-state index in [2.05, 4.69) is 30.8 Å². The minimum absolute atomic E-state index is 0.225. The van der Waals surface area contributed by atoms with Crippen molar-refractivity contribution in [2.75, 3.05) is 11.1 Å². The van der Waals surface area contributed by atoms with Crippen LogP contribution in [0.4, 0.5) is 10.9 Å². The third kappa shape index (κ3) is 2.78. The van der Waals surface area contributed by atoms with Crippen LogP contribution in [0.2, 0.25) is 0 Å². The van der Waals surface area contributed by atoms with Crippen molar-refractivity contribution in [1.29, 1.82) is 0 Å². The van der Waals surface area contributed by atoms with Crippen LogP contribution in [0.1, 0.15) is 6.92 Å². The molecule has 0 bridgehead atoms. The fourth-order valence-corrected chi connectivity index (χ4v) is 3.08. The standard InChI is InChI=1S/C15H12N8OS/c1-8(24)17-15-21-20-14(25-15)12-13(16)23-11(18-19-12)7-10(22-23)9-5-3-2-4-6-9/h2-7H,16H2,1H3,(H,17,21,24). The minimum atomic E-state index is -0.225. The highest BCUT2D eigenvalue weighted by molar-refractivity contribution is 7.18. The van der Waals surface area contributed by atoms with Crippen LogP contribution in [0.3, 0.4) is 0 Å². The lowest BCUT2D eigenvalue weighted by Gasteiger charge is -2.01. The number of anilines is 2. The summed E-state index contributed by atoms with van der Waals surface area (Å²) in [5.41, 5.74) is 8.80. The van der Waals surface area contributed by atoms with Crippen LogP contribution >= 0.6 is 11.3 Å². The van der Waals surface area contributed by atoms with E-state index >= 15 is 0 Å². The van der Waals surface area contributed by atoms with Gasteiger partial charge >= 0.3 is 0 Å². The van der Waals surface area contributed by atoms with Gasteiger partial charge in [-0.2, -0.15) is 9.61 Å². The number of aromatic nitrogens is 6. The maximum absolute atomic E-state index is 11.1. The molecule has 0 aliphatic heterocycles. The molecule has 0 spiro atoms. The van der Waals surface area contributed by atoms with E-state index in [4.69, 9.17) is 5.73 Å². The highest BCUT2D eigenvalue weighted by atomic mass is 32.1. The number of nitrogen functional groups attached to an aromatic ring is 1. The predicted molar refractivity (Wildman–Crippen MR) is 93.8 cm³/mol. The fourth-order valence-electron chi connectivity index (χ4n) is 2.29. The minimum Gasteiger partial charge on any atom is -0.382 e. The molecule has 0 fully saturated rings. The van der Waals surface area contributed by atoms with E-state index in [9.17, 15) is 4.79 Å². The number of nitrogens with zero attached hydrogens (tertiary/aromatic N) is 6. The molecule has 0 atom stereocenters. The van der Waals surface area contributed by atoms with Gasteiger partial charge in [0.05, 0.1) is 5.69 Å². The van der Waals surface area contributed by atoms with Gasteiger partial charge in [-0.05, 0) is 0 Å². The van der Waals surface area contributed by atoms with Crippen LogP contribution in [0.5, 0.6) is 0 Å². The molecule has 124 valence electrons. The number of nitrogens with one attached hydrogen (secondary N) is 1. The number of hydrogen-bond acceptors (Lipinski definition) is 8. The smallest absolute Gasteiger partial charge is 0.223 e. The molecule has 3 aromatic heterocycles. The molecular weight excluding hydrogens is 340 g/mol. The molecule has 3 N–H and O–H groups in total. The Hall–Kier alpha value is -3.40. The lowest BCUT2D eigenvalue weighted by molar-refractivity contribution is -0.114. The summed E-state index contributed by atoms with van der Waals surface area (Å²) in [7, 11) is 0. The Morgan fingerprint density at radius 2 is 1.96 bits per heavy atom. The molecule has 3 heterocycles. The molecule has 0 saturated heterocycles. The summed E-state index contributed by atoms with van der Waals surface area (Å²) >= 11 is 1.16. The van der Waals surface area contributed by atoms with Crippen molar-refractivity contribution in [3.63, 3.8) is 0 Å². The van der Waals surface area contributed by atoms with Crippen LogP contribution in [-0.2, 0) is 4.79 Å². The Balaban J connectivity index is 1.77. The number of hydrogen-bond donors (Lipinski definition) is 2. The van der Waals surface area contributed by atoms with Crippen LogP contribution in [-0.4, -0.2) is 35.9 Å². The van der Waals surface area contributed by atoms with Gasteiger partial charge in [0.2, 0.25) is 11.0 Å². The van der Waals surface area contributed by atoms with Gasteiger partial charge in [-0.25, -0.2) is 0 Å². The Morgan fingerprint density at radius 1 is 1.16 bits per heavy atom. The Kier molecular flexibility index (Phi) is 3.58. The zero-order chi connectivity index (χ0) is 17.4. The highest BCUT2D eigenvalue weighted by Crippen LogP contribution is 2.29. The second-order valence-electron chi connectivity index (χ2n) is 5.19. The lowest BCUT2D eigenvalue weighted by atomic mass is 10.2. The van der Waals surface area contributed by atoms with Crippen LogP contribution in [0.25, 0.3) is 27.6 Å². The molecule has 0 unspecified atom stereocenters. The maximum atomic E-state index is 11.1. The number of carbonyl (C=O) groups excluding carboxylic acids is 1. The van der Waals surface area contributed by atoms with Gasteiger partial charge in [0, 0.05) is 18.6 Å². The summed E-state index contributed by atoms with van der Waals surface area (Å²) in [6, 6.07) is 11.5. The summed E-state index contributed by atoms with van der Waals surface area (Å²) in [5.74, 6) is 0.0782. The van der Waals surface area contributed by atoms with Crippen molar-refractivity contribution >= 4 is 33.8 Å². The monoisotopic (exact) mass is 352 g/mol. The molecule has 4 rings (SSSR count). The molecule has 25 heavy (non-hydrogen) atoms. The zero-order valence-electron chi connectivity index (χ0n) is 13.0. The normalized spacial score (nSPS) is 10.9. The van der Waals surface area contributed by atoms with Gasteiger partial charge < -0.3 is 11.1 Å². The maximum Gasteiger partial charge on any atom is 0.223 e. The first-order valence-corrected chi connectivity index (χ1v) is 8.12. The van der Waals surface area contributed by atoms with Gasteiger partial charge in [-0.3, -0.25) is 4.79 Å². The number of nitrogens with two attached hydrogens (primary N) is 1. The van der Waals surface area contributed by atoms with Gasteiger partial charge in [0.25, 0.3) is 0 Å². The molecular formula is C15H12N8OS. The topological polar surface area (TPSA) is 124 Å². The van der Waals surface area contributed by atoms with Gasteiger partial charge in [0.1, 0.15) is 0 Å². The molecule has 1 aromatic carbocycles. The summed E-state index contributed by atoms with van der Waals surface area (Å²) in [6.07, 6.45) is 0. The largest absolute Gasteiger partial charge is 0.382 e. The molecule has 0 saturated carbocycles. The third-order valence-electron chi connectivity index (χ3n) is 3.39. The summed E-state index contributed by atoms with van der Waals surface area (Å²) in [6.45, 7) is 1.40. The zero-order valence-corrected chi connectivity index (χ0v) is 13.9. The second-order valence-corrected chi connectivity index (χ2v) is 6.17. The summed E-state index contributed by atoms with van der Waals surface area (Å²) < 4.78 is 1.52. The molecule has 0 radical (unpaired) electrons.